The van der Waals surface area contributed by atoms with Crippen LogP contribution in [0.4, 0.5) is 5.69 Å². The van der Waals surface area contributed by atoms with Gasteiger partial charge in [-0.25, -0.2) is 4.98 Å². The summed E-state index contributed by atoms with van der Waals surface area (Å²) in [5, 5.41) is 3.45. The van der Waals surface area contributed by atoms with Crippen LogP contribution in [0.1, 0.15) is 5.56 Å². The van der Waals surface area contributed by atoms with E-state index in [0.29, 0.717) is 5.88 Å². The van der Waals surface area contributed by atoms with Gasteiger partial charge in [-0.3, -0.25) is 0 Å². The SMILES string of the molecule is Clc1nccc(Oc2ccc3c(c2)C=CCN3)n1. The van der Waals surface area contributed by atoms with Gasteiger partial charge in [0.05, 0.1) is 0 Å². The summed E-state index contributed by atoms with van der Waals surface area (Å²) in [5.41, 5.74) is 2.20. The van der Waals surface area contributed by atoms with Crippen molar-refractivity contribution in [2.45, 2.75) is 0 Å². The molecule has 5 heteroatoms. The van der Waals surface area contributed by atoms with E-state index in [9.17, 15) is 0 Å². The molecule has 0 aliphatic carbocycles. The molecule has 2 heterocycles. The molecular weight excluding hydrogens is 250 g/mol. The van der Waals surface area contributed by atoms with Crippen LogP contribution < -0.4 is 10.1 Å². The van der Waals surface area contributed by atoms with Crippen molar-refractivity contribution < 1.29 is 4.74 Å². The number of hydrogen-bond donors (Lipinski definition) is 1. The highest BCUT2D eigenvalue weighted by molar-refractivity contribution is 6.28. The normalized spacial score (nSPS) is 12.7. The second-order valence-corrected chi connectivity index (χ2v) is 4.14. The van der Waals surface area contributed by atoms with Crippen LogP contribution in [0.25, 0.3) is 6.08 Å². The zero-order chi connectivity index (χ0) is 12.4. The van der Waals surface area contributed by atoms with Crippen molar-refractivity contribution in [1.29, 1.82) is 0 Å². The van der Waals surface area contributed by atoms with E-state index in [-0.39, 0.29) is 5.28 Å². The Labute approximate surface area is 109 Å². The number of anilines is 1. The first-order valence-electron chi connectivity index (χ1n) is 5.52. The van der Waals surface area contributed by atoms with Crippen LogP contribution in [0.2, 0.25) is 5.28 Å². The van der Waals surface area contributed by atoms with E-state index in [2.05, 4.69) is 27.4 Å². The van der Waals surface area contributed by atoms with Gasteiger partial charge in [0.15, 0.2) is 0 Å². The number of halogens is 1. The van der Waals surface area contributed by atoms with Crippen molar-refractivity contribution in [1.82, 2.24) is 9.97 Å². The second kappa shape index (κ2) is 4.66. The lowest BCUT2D eigenvalue weighted by Crippen LogP contribution is -2.04. The fourth-order valence-corrected chi connectivity index (χ4v) is 1.89. The average Bonchev–Trinajstić information content (AvgIpc) is 2.39. The number of ether oxygens (including phenoxy) is 1. The predicted octanol–water partition coefficient (Wildman–Crippen LogP) is 3.36. The number of benzene rings is 1. The van der Waals surface area contributed by atoms with Gasteiger partial charge in [0, 0.05) is 30.1 Å². The molecule has 90 valence electrons. The van der Waals surface area contributed by atoms with Crippen molar-refractivity contribution in [3.63, 3.8) is 0 Å². The summed E-state index contributed by atoms with van der Waals surface area (Å²) in [4.78, 5) is 7.78. The van der Waals surface area contributed by atoms with Crippen LogP contribution in [-0.2, 0) is 0 Å². The zero-order valence-corrected chi connectivity index (χ0v) is 10.2. The molecule has 0 atom stereocenters. The average molecular weight is 260 g/mol. The quantitative estimate of drug-likeness (QED) is 0.840. The third-order valence-corrected chi connectivity index (χ3v) is 2.74. The maximum atomic E-state index is 5.70. The standard InChI is InChI=1S/C13H10ClN3O/c14-13-16-7-5-12(17-13)18-10-3-4-11-9(8-10)2-1-6-15-11/h1-5,7-8,15H,6H2. The van der Waals surface area contributed by atoms with Gasteiger partial charge in [-0.05, 0) is 29.8 Å². The Balaban J connectivity index is 1.88. The maximum absolute atomic E-state index is 5.70. The second-order valence-electron chi connectivity index (χ2n) is 3.80. The van der Waals surface area contributed by atoms with E-state index in [0.717, 1.165) is 23.5 Å². The van der Waals surface area contributed by atoms with E-state index in [1.807, 2.05) is 18.2 Å². The Bertz CT molecular complexity index is 613. The van der Waals surface area contributed by atoms with Crippen LogP contribution in [0.15, 0.2) is 36.5 Å². The number of nitrogens with zero attached hydrogens (tertiary/aromatic N) is 2. The van der Waals surface area contributed by atoms with Gasteiger partial charge < -0.3 is 10.1 Å². The van der Waals surface area contributed by atoms with Gasteiger partial charge >= 0.3 is 0 Å². The van der Waals surface area contributed by atoms with Gasteiger partial charge in [-0.2, -0.15) is 4.98 Å². The third kappa shape index (κ3) is 2.28. The molecule has 0 amide bonds. The Morgan fingerprint density at radius 3 is 3.11 bits per heavy atom. The molecule has 0 unspecified atom stereocenters. The summed E-state index contributed by atoms with van der Waals surface area (Å²) in [7, 11) is 0. The largest absolute Gasteiger partial charge is 0.439 e. The molecule has 0 saturated carbocycles. The van der Waals surface area contributed by atoms with Crippen LogP contribution in [0.3, 0.4) is 0 Å². The van der Waals surface area contributed by atoms with E-state index >= 15 is 0 Å². The molecule has 18 heavy (non-hydrogen) atoms. The zero-order valence-electron chi connectivity index (χ0n) is 9.43. The highest BCUT2D eigenvalue weighted by Gasteiger charge is 2.06. The van der Waals surface area contributed by atoms with Crippen molar-refractivity contribution in [3.8, 4) is 11.6 Å². The summed E-state index contributed by atoms with van der Waals surface area (Å²) < 4.78 is 5.63. The topological polar surface area (TPSA) is 47.0 Å². The number of aromatic nitrogens is 2. The Morgan fingerprint density at radius 2 is 2.22 bits per heavy atom. The van der Waals surface area contributed by atoms with E-state index < -0.39 is 0 Å². The third-order valence-electron chi connectivity index (χ3n) is 2.55. The van der Waals surface area contributed by atoms with Crippen LogP contribution in [-0.4, -0.2) is 16.5 Å². The van der Waals surface area contributed by atoms with Crippen molar-refractivity contribution in [2.75, 3.05) is 11.9 Å². The van der Waals surface area contributed by atoms with E-state index in [4.69, 9.17) is 16.3 Å². The first-order valence-corrected chi connectivity index (χ1v) is 5.90. The number of rotatable bonds is 2. The molecule has 1 aliphatic rings. The van der Waals surface area contributed by atoms with Gasteiger partial charge in [0.1, 0.15) is 5.75 Å². The molecule has 1 N–H and O–H groups in total. The Morgan fingerprint density at radius 1 is 1.28 bits per heavy atom. The van der Waals surface area contributed by atoms with Crippen molar-refractivity contribution in [3.05, 3.63) is 47.4 Å². The number of nitrogens with one attached hydrogen (secondary N) is 1. The molecule has 0 saturated heterocycles. The summed E-state index contributed by atoms with van der Waals surface area (Å²) >= 11 is 5.70. The first kappa shape index (κ1) is 11.0. The number of hydrogen-bond acceptors (Lipinski definition) is 4. The van der Waals surface area contributed by atoms with Crippen LogP contribution in [0.5, 0.6) is 11.6 Å². The molecule has 4 nitrogen and oxygen atoms in total. The van der Waals surface area contributed by atoms with Gasteiger partial charge in [0.25, 0.3) is 0 Å². The monoisotopic (exact) mass is 259 g/mol. The molecule has 3 rings (SSSR count). The fraction of sp³-hybridized carbons (Fsp3) is 0.0769. The molecule has 1 aromatic heterocycles. The minimum absolute atomic E-state index is 0.173. The summed E-state index contributed by atoms with van der Waals surface area (Å²) in [6.45, 7) is 0.856. The molecule has 1 aromatic carbocycles. The minimum atomic E-state index is 0.173. The molecule has 0 spiro atoms. The van der Waals surface area contributed by atoms with E-state index in [1.165, 1.54) is 0 Å². The lowest BCUT2D eigenvalue weighted by atomic mass is 10.1. The first-order chi connectivity index (χ1) is 8.81. The molecule has 2 aromatic rings. The van der Waals surface area contributed by atoms with Crippen LogP contribution >= 0.6 is 11.6 Å². The van der Waals surface area contributed by atoms with Crippen LogP contribution in [0, 0.1) is 0 Å². The molecular formula is C13H10ClN3O. The number of fused-ring (bicyclic) bond motifs is 1. The van der Waals surface area contributed by atoms with Crippen molar-refractivity contribution >= 4 is 23.4 Å². The summed E-state index contributed by atoms with van der Waals surface area (Å²) in [6.07, 6.45) is 5.68. The Hall–Kier alpha value is -2.07. The summed E-state index contributed by atoms with van der Waals surface area (Å²) in [6, 6.07) is 7.49. The smallest absolute Gasteiger partial charge is 0.225 e. The van der Waals surface area contributed by atoms with Gasteiger partial charge in [-0.15, -0.1) is 0 Å². The minimum Gasteiger partial charge on any atom is -0.439 e. The van der Waals surface area contributed by atoms with Crippen molar-refractivity contribution in [2.24, 2.45) is 0 Å². The van der Waals surface area contributed by atoms with Gasteiger partial charge in [-0.1, -0.05) is 12.2 Å². The molecule has 0 radical (unpaired) electrons. The lowest BCUT2D eigenvalue weighted by molar-refractivity contribution is 0.461. The molecule has 0 bridgehead atoms. The molecule has 0 fully saturated rings. The highest BCUT2D eigenvalue weighted by Crippen LogP contribution is 2.28. The molecule has 1 aliphatic heterocycles. The Kier molecular flexibility index (Phi) is 2.86. The van der Waals surface area contributed by atoms with Gasteiger partial charge in [0.2, 0.25) is 11.2 Å². The fourth-order valence-electron chi connectivity index (χ4n) is 1.76. The van der Waals surface area contributed by atoms with E-state index in [1.54, 1.807) is 12.3 Å². The maximum Gasteiger partial charge on any atom is 0.225 e. The lowest BCUT2D eigenvalue weighted by Gasteiger charge is -2.14. The highest BCUT2D eigenvalue weighted by atomic mass is 35.5. The summed E-state index contributed by atoms with van der Waals surface area (Å²) in [5.74, 6) is 1.15. The predicted molar refractivity (Wildman–Crippen MR) is 71.1 cm³/mol.